The predicted molar refractivity (Wildman–Crippen MR) is 128 cm³/mol. The Morgan fingerprint density at radius 3 is 2.35 bits per heavy atom. The Hall–Kier alpha value is -3.16. The minimum absolute atomic E-state index is 0.0280. The zero-order valence-electron chi connectivity index (χ0n) is 20.5. The summed E-state index contributed by atoms with van der Waals surface area (Å²) in [7, 11) is 1.57. The molecule has 0 saturated carbocycles. The Morgan fingerprint density at radius 2 is 1.79 bits per heavy atom. The summed E-state index contributed by atoms with van der Waals surface area (Å²) in [5, 5.41) is 2.90. The van der Waals surface area contributed by atoms with Gasteiger partial charge in [0.05, 0.1) is 18.9 Å². The predicted octanol–water partition coefficient (Wildman–Crippen LogP) is 2.67. The van der Waals surface area contributed by atoms with E-state index in [9.17, 15) is 19.2 Å². The van der Waals surface area contributed by atoms with E-state index in [0.29, 0.717) is 25.0 Å². The van der Waals surface area contributed by atoms with Crippen LogP contribution in [0.1, 0.15) is 52.0 Å². The molecule has 1 aliphatic heterocycles. The third kappa shape index (κ3) is 5.66. The van der Waals surface area contributed by atoms with Crippen LogP contribution in [0.5, 0.6) is 5.75 Å². The standard InChI is InChI=1S/C26H35N3O5/c1-5-22(24(31)27-17(2)3)29(16-18-9-8-10-19(15-18)34-4)23(30)13-14-28-25(32)20-11-6-7-12-21(20)26(28)33/h6-10,15,17,20-22H,5,11-14,16H2,1-4H3,(H,27,31)/t20-,21+,22-/m1/s1. The molecule has 1 saturated heterocycles. The van der Waals surface area contributed by atoms with Gasteiger partial charge in [-0.1, -0.05) is 31.2 Å². The summed E-state index contributed by atoms with van der Waals surface area (Å²) in [6.07, 6.45) is 5.42. The van der Waals surface area contributed by atoms with E-state index in [4.69, 9.17) is 4.74 Å². The Morgan fingerprint density at radius 1 is 1.15 bits per heavy atom. The Balaban J connectivity index is 1.77. The van der Waals surface area contributed by atoms with Gasteiger partial charge in [0.1, 0.15) is 11.8 Å². The van der Waals surface area contributed by atoms with Crippen molar-refractivity contribution in [3.63, 3.8) is 0 Å². The molecule has 1 aromatic carbocycles. The highest BCUT2D eigenvalue weighted by Crippen LogP contribution is 2.35. The fourth-order valence-corrected chi connectivity index (χ4v) is 4.71. The van der Waals surface area contributed by atoms with Gasteiger partial charge < -0.3 is 15.0 Å². The van der Waals surface area contributed by atoms with Crippen molar-refractivity contribution in [2.24, 2.45) is 11.8 Å². The van der Waals surface area contributed by atoms with Gasteiger partial charge in [0, 0.05) is 25.6 Å². The van der Waals surface area contributed by atoms with Crippen LogP contribution in [0.15, 0.2) is 36.4 Å². The number of hydrogen-bond donors (Lipinski definition) is 1. The van der Waals surface area contributed by atoms with Crippen molar-refractivity contribution < 1.29 is 23.9 Å². The first kappa shape index (κ1) is 25.5. The van der Waals surface area contributed by atoms with E-state index < -0.39 is 6.04 Å². The second kappa shape index (κ2) is 11.3. The molecule has 0 radical (unpaired) electrons. The average molecular weight is 470 g/mol. The zero-order chi connectivity index (χ0) is 24.8. The van der Waals surface area contributed by atoms with Gasteiger partial charge in [-0.2, -0.15) is 0 Å². The third-order valence-electron chi connectivity index (χ3n) is 6.45. The molecule has 1 aromatic rings. The highest BCUT2D eigenvalue weighted by molar-refractivity contribution is 6.05. The lowest BCUT2D eigenvalue weighted by atomic mass is 9.85. The molecule has 1 heterocycles. The zero-order valence-corrected chi connectivity index (χ0v) is 20.5. The lowest BCUT2D eigenvalue weighted by molar-refractivity contribution is -0.144. The van der Waals surface area contributed by atoms with Crippen LogP contribution in [0.25, 0.3) is 0 Å². The summed E-state index contributed by atoms with van der Waals surface area (Å²) in [4.78, 5) is 54.7. The largest absolute Gasteiger partial charge is 0.497 e. The minimum atomic E-state index is -0.669. The molecule has 3 rings (SSSR count). The molecule has 0 bridgehead atoms. The molecule has 34 heavy (non-hydrogen) atoms. The van der Waals surface area contributed by atoms with Crippen molar-refractivity contribution in [1.29, 1.82) is 0 Å². The molecular formula is C26H35N3O5. The molecule has 1 aliphatic carbocycles. The molecule has 0 aromatic heterocycles. The Labute approximate surface area is 201 Å². The molecule has 0 spiro atoms. The third-order valence-corrected chi connectivity index (χ3v) is 6.45. The number of ether oxygens (including phenoxy) is 1. The van der Waals surface area contributed by atoms with Crippen molar-refractivity contribution in [2.45, 2.75) is 65.1 Å². The number of benzene rings is 1. The first-order chi connectivity index (χ1) is 16.3. The van der Waals surface area contributed by atoms with Crippen LogP contribution in [0, 0.1) is 11.8 Å². The maximum atomic E-state index is 13.4. The highest BCUT2D eigenvalue weighted by Gasteiger charge is 2.47. The fourth-order valence-electron chi connectivity index (χ4n) is 4.71. The summed E-state index contributed by atoms with van der Waals surface area (Å²) in [6.45, 7) is 5.86. The number of nitrogens with zero attached hydrogens (tertiary/aromatic N) is 2. The number of allylic oxidation sites excluding steroid dienone is 2. The van der Waals surface area contributed by atoms with Gasteiger partial charge in [0.25, 0.3) is 0 Å². The second-order valence-electron chi connectivity index (χ2n) is 9.19. The number of hydrogen-bond acceptors (Lipinski definition) is 5. The molecule has 3 atom stereocenters. The number of methoxy groups -OCH3 is 1. The lowest BCUT2D eigenvalue weighted by Crippen LogP contribution is -2.51. The number of fused-ring (bicyclic) bond motifs is 1. The number of nitrogens with one attached hydrogen (secondary N) is 1. The van der Waals surface area contributed by atoms with Gasteiger partial charge in [-0.05, 0) is 50.8 Å². The van der Waals surface area contributed by atoms with Gasteiger partial charge in [0.15, 0.2) is 0 Å². The first-order valence-electron chi connectivity index (χ1n) is 12.0. The number of likely N-dealkylation sites (tertiary alicyclic amines) is 1. The highest BCUT2D eigenvalue weighted by atomic mass is 16.5. The van der Waals surface area contributed by atoms with E-state index >= 15 is 0 Å². The van der Waals surface area contributed by atoms with Crippen LogP contribution < -0.4 is 10.1 Å². The normalized spacial score (nSPS) is 20.3. The number of carbonyl (C=O) groups is 4. The van der Waals surface area contributed by atoms with Crippen LogP contribution in [-0.2, 0) is 25.7 Å². The van der Waals surface area contributed by atoms with Crippen LogP contribution in [0.3, 0.4) is 0 Å². The molecule has 2 aliphatic rings. The molecule has 4 amide bonds. The lowest BCUT2D eigenvalue weighted by Gasteiger charge is -2.31. The molecule has 184 valence electrons. The van der Waals surface area contributed by atoms with Gasteiger partial charge >= 0.3 is 0 Å². The van der Waals surface area contributed by atoms with E-state index in [1.165, 1.54) is 4.90 Å². The summed E-state index contributed by atoms with van der Waals surface area (Å²) in [5.74, 6) is -0.871. The quantitative estimate of drug-likeness (QED) is 0.420. The van der Waals surface area contributed by atoms with E-state index in [2.05, 4.69) is 5.32 Å². The average Bonchev–Trinajstić information content (AvgIpc) is 3.06. The van der Waals surface area contributed by atoms with Crippen molar-refractivity contribution >= 4 is 23.6 Å². The summed E-state index contributed by atoms with van der Waals surface area (Å²) in [6, 6.07) is 6.63. The van der Waals surface area contributed by atoms with Crippen molar-refractivity contribution in [1.82, 2.24) is 15.1 Å². The van der Waals surface area contributed by atoms with Crippen molar-refractivity contribution in [2.75, 3.05) is 13.7 Å². The number of carbonyl (C=O) groups excluding carboxylic acids is 4. The van der Waals surface area contributed by atoms with Gasteiger partial charge in [-0.3, -0.25) is 24.1 Å². The van der Waals surface area contributed by atoms with Gasteiger partial charge in [0.2, 0.25) is 23.6 Å². The summed E-state index contributed by atoms with van der Waals surface area (Å²) < 4.78 is 5.30. The molecule has 8 nitrogen and oxygen atoms in total. The van der Waals surface area contributed by atoms with Crippen LogP contribution >= 0.6 is 0 Å². The minimum Gasteiger partial charge on any atom is -0.497 e. The number of amides is 4. The topological polar surface area (TPSA) is 96.0 Å². The van der Waals surface area contributed by atoms with Crippen molar-refractivity contribution in [3.05, 3.63) is 42.0 Å². The summed E-state index contributed by atoms with van der Waals surface area (Å²) in [5.41, 5.74) is 0.828. The van der Waals surface area contributed by atoms with E-state index in [1.54, 1.807) is 12.0 Å². The van der Waals surface area contributed by atoms with Crippen LogP contribution in [0.4, 0.5) is 0 Å². The molecule has 0 unspecified atom stereocenters. The maximum Gasteiger partial charge on any atom is 0.243 e. The summed E-state index contributed by atoms with van der Waals surface area (Å²) >= 11 is 0. The van der Waals surface area contributed by atoms with E-state index in [1.807, 2.05) is 57.2 Å². The molecule has 8 heteroatoms. The monoisotopic (exact) mass is 469 g/mol. The van der Waals surface area contributed by atoms with E-state index in [0.717, 1.165) is 5.56 Å². The SMILES string of the molecule is CC[C@H](C(=O)NC(C)C)N(Cc1cccc(OC)c1)C(=O)CCN1C(=O)[C@H]2CC=CC[C@H]2C1=O. The van der Waals surface area contributed by atoms with Gasteiger partial charge in [-0.15, -0.1) is 0 Å². The van der Waals surface area contributed by atoms with Crippen LogP contribution in [0.2, 0.25) is 0 Å². The molecule has 1 fully saturated rings. The molecular weight excluding hydrogens is 434 g/mol. The number of imide groups is 1. The first-order valence-corrected chi connectivity index (χ1v) is 12.0. The smallest absolute Gasteiger partial charge is 0.243 e. The number of rotatable bonds is 10. The van der Waals surface area contributed by atoms with E-state index in [-0.39, 0.29) is 61.0 Å². The maximum absolute atomic E-state index is 13.4. The Bertz CT molecular complexity index is 932. The second-order valence-corrected chi connectivity index (χ2v) is 9.19. The van der Waals surface area contributed by atoms with Crippen molar-refractivity contribution in [3.8, 4) is 5.75 Å². The van der Waals surface area contributed by atoms with Gasteiger partial charge in [-0.25, -0.2) is 0 Å². The Kier molecular flexibility index (Phi) is 8.47. The fraction of sp³-hybridized carbons (Fsp3) is 0.538. The van der Waals surface area contributed by atoms with Crippen LogP contribution in [-0.4, -0.2) is 59.2 Å². The molecule has 1 N–H and O–H groups in total.